The Bertz CT molecular complexity index is 695. The smallest absolute Gasteiger partial charge is 0.317 e. The molecule has 0 saturated heterocycles. The van der Waals surface area contributed by atoms with Crippen LogP contribution in [-0.4, -0.2) is 38.2 Å². The van der Waals surface area contributed by atoms with E-state index in [4.69, 9.17) is 4.18 Å². The van der Waals surface area contributed by atoms with Gasteiger partial charge in [-0.2, -0.15) is 8.42 Å². The first-order valence-electron chi connectivity index (χ1n) is 9.77. The lowest BCUT2D eigenvalue weighted by Crippen LogP contribution is -2.45. The lowest BCUT2D eigenvalue weighted by Gasteiger charge is -2.29. The molecule has 27 heavy (non-hydrogen) atoms. The molecule has 1 N–H and O–H groups in total. The fourth-order valence-electron chi connectivity index (χ4n) is 3.22. The Balaban J connectivity index is 2.00. The zero-order valence-corrected chi connectivity index (χ0v) is 17.4. The van der Waals surface area contributed by atoms with E-state index in [9.17, 15) is 13.2 Å². The third-order valence-electron chi connectivity index (χ3n) is 4.74. The quantitative estimate of drug-likeness (QED) is 0.676. The molecule has 1 aromatic rings. The van der Waals surface area contributed by atoms with Gasteiger partial charge in [0.15, 0.2) is 0 Å². The number of carbonyl (C=O) groups is 1. The molecule has 1 aliphatic carbocycles. The highest BCUT2D eigenvalue weighted by molar-refractivity contribution is 7.86. The first kappa shape index (κ1) is 21.5. The Labute approximate surface area is 163 Å². The van der Waals surface area contributed by atoms with Crippen LogP contribution in [0.3, 0.4) is 0 Å². The minimum atomic E-state index is -3.54. The summed E-state index contributed by atoms with van der Waals surface area (Å²) in [5.41, 5.74) is 0.943. The van der Waals surface area contributed by atoms with Gasteiger partial charge < -0.3 is 14.4 Å². The highest BCUT2D eigenvalue weighted by Gasteiger charge is 2.20. The molecule has 0 spiro atoms. The van der Waals surface area contributed by atoms with Gasteiger partial charge in [0, 0.05) is 19.1 Å². The predicted molar refractivity (Wildman–Crippen MR) is 107 cm³/mol. The van der Waals surface area contributed by atoms with Gasteiger partial charge in [-0.1, -0.05) is 45.2 Å². The van der Waals surface area contributed by atoms with Gasteiger partial charge in [0.05, 0.1) is 6.26 Å². The molecule has 0 radical (unpaired) electrons. The molecule has 0 atom stereocenters. The van der Waals surface area contributed by atoms with Crippen molar-refractivity contribution in [3.05, 3.63) is 29.8 Å². The SMILES string of the molecule is CC(C)CCN(Cc1ccc(OS(C)(=O)=O)cc1)C(=O)NC1CCCCC1. The van der Waals surface area contributed by atoms with Crippen LogP contribution in [0.25, 0.3) is 0 Å². The van der Waals surface area contributed by atoms with E-state index in [1.807, 2.05) is 4.90 Å². The van der Waals surface area contributed by atoms with Crippen molar-refractivity contribution in [3.63, 3.8) is 0 Å². The Kier molecular flexibility index (Phi) is 7.95. The zero-order chi connectivity index (χ0) is 19.9. The minimum absolute atomic E-state index is 0.0148. The van der Waals surface area contributed by atoms with Crippen LogP contribution in [0, 0.1) is 5.92 Å². The van der Waals surface area contributed by atoms with Crippen LogP contribution in [-0.2, 0) is 16.7 Å². The van der Waals surface area contributed by atoms with Crippen LogP contribution in [0.15, 0.2) is 24.3 Å². The molecule has 2 rings (SSSR count). The maximum atomic E-state index is 12.8. The molecule has 2 amide bonds. The molecule has 6 nitrogen and oxygen atoms in total. The van der Waals surface area contributed by atoms with E-state index >= 15 is 0 Å². The topological polar surface area (TPSA) is 75.7 Å². The summed E-state index contributed by atoms with van der Waals surface area (Å²) in [4.78, 5) is 14.6. The first-order valence-corrected chi connectivity index (χ1v) is 11.6. The maximum Gasteiger partial charge on any atom is 0.317 e. The third-order valence-corrected chi connectivity index (χ3v) is 5.24. The van der Waals surface area contributed by atoms with Crippen LogP contribution >= 0.6 is 0 Å². The van der Waals surface area contributed by atoms with Crippen molar-refractivity contribution in [2.24, 2.45) is 5.92 Å². The van der Waals surface area contributed by atoms with Crippen molar-refractivity contribution in [1.29, 1.82) is 0 Å². The van der Waals surface area contributed by atoms with E-state index in [0.717, 1.165) is 31.1 Å². The van der Waals surface area contributed by atoms with Crippen molar-refractivity contribution < 1.29 is 17.4 Å². The highest BCUT2D eigenvalue weighted by Crippen LogP contribution is 2.19. The van der Waals surface area contributed by atoms with Crippen LogP contribution in [0.1, 0.15) is 57.9 Å². The molecule has 0 heterocycles. The number of nitrogens with zero attached hydrogens (tertiary/aromatic N) is 1. The molecule has 1 aliphatic rings. The molecule has 0 aliphatic heterocycles. The van der Waals surface area contributed by atoms with Gasteiger partial charge in [-0.25, -0.2) is 4.79 Å². The summed E-state index contributed by atoms with van der Waals surface area (Å²) in [7, 11) is -3.54. The van der Waals surface area contributed by atoms with E-state index in [-0.39, 0.29) is 17.8 Å². The van der Waals surface area contributed by atoms with Crippen LogP contribution in [0.2, 0.25) is 0 Å². The van der Waals surface area contributed by atoms with Crippen LogP contribution in [0.4, 0.5) is 4.79 Å². The molecular weight excluding hydrogens is 364 g/mol. The standard InChI is InChI=1S/C20H32N2O4S/c1-16(2)13-14-22(20(23)21-18-7-5-4-6-8-18)15-17-9-11-19(12-10-17)26-27(3,24)25/h9-12,16,18H,4-8,13-15H2,1-3H3,(H,21,23). The molecule has 0 aromatic heterocycles. The molecule has 1 saturated carbocycles. The fraction of sp³-hybridized carbons (Fsp3) is 0.650. The summed E-state index contributed by atoms with van der Waals surface area (Å²) < 4.78 is 27.3. The van der Waals surface area contributed by atoms with E-state index in [1.54, 1.807) is 24.3 Å². The average Bonchev–Trinajstić information content (AvgIpc) is 2.59. The molecular formula is C20H32N2O4S. The molecule has 0 unspecified atom stereocenters. The van der Waals surface area contributed by atoms with Crippen molar-refractivity contribution in [3.8, 4) is 5.75 Å². The number of hydrogen-bond donors (Lipinski definition) is 1. The summed E-state index contributed by atoms with van der Waals surface area (Å²) >= 11 is 0. The number of amides is 2. The van der Waals surface area contributed by atoms with Gasteiger partial charge in [0.25, 0.3) is 0 Å². The predicted octanol–water partition coefficient (Wildman–Crippen LogP) is 3.92. The Morgan fingerprint density at radius 1 is 1.19 bits per heavy atom. The summed E-state index contributed by atoms with van der Waals surface area (Å²) in [5, 5.41) is 3.19. The lowest BCUT2D eigenvalue weighted by atomic mass is 9.96. The van der Waals surface area contributed by atoms with Gasteiger partial charge in [-0.3, -0.25) is 0 Å². The second-order valence-corrected chi connectivity index (χ2v) is 9.39. The van der Waals surface area contributed by atoms with E-state index < -0.39 is 10.1 Å². The second kappa shape index (κ2) is 9.97. The highest BCUT2D eigenvalue weighted by atomic mass is 32.2. The lowest BCUT2D eigenvalue weighted by molar-refractivity contribution is 0.184. The van der Waals surface area contributed by atoms with Crippen molar-refractivity contribution >= 4 is 16.1 Å². The largest absolute Gasteiger partial charge is 0.383 e. The Morgan fingerprint density at radius 3 is 2.37 bits per heavy atom. The maximum absolute atomic E-state index is 12.8. The van der Waals surface area contributed by atoms with Gasteiger partial charge in [0.1, 0.15) is 5.75 Å². The third kappa shape index (κ3) is 8.20. The number of carbonyl (C=O) groups excluding carboxylic acids is 1. The molecule has 0 bridgehead atoms. The number of nitrogens with one attached hydrogen (secondary N) is 1. The summed E-state index contributed by atoms with van der Waals surface area (Å²) in [6.07, 6.45) is 7.68. The van der Waals surface area contributed by atoms with Crippen molar-refractivity contribution in [2.45, 2.75) is 65.0 Å². The number of urea groups is 1. The second-order valence-electron chi connectivity index (χ2n) is 7.82. The van der Waals surface area contributed by atoms with Crippen molar-refractivity contribution in [1.82, 2.24) is 10.2 Å². The summed E-state index contributed by atoms with van der Waals surface area (Å²) in [6.45, 7) is 5.48. The minimum Gasteiger partial charge on any atom is -0.383 e. The van der Waals surface area contributed by atoms with E-state index in [2.05, 4.69) is 19.2 Å². The zero-order valence-electron chi connectivity index (χ0n) is 16.6. The van der Waals surface area contributed by atoms with Crippen LogP contribution in [0.5, 0.6) is 5.75 Å². The first-order chi connectivity index (χ1) is 12.7. The van der Waals surface area contributed by atoms with E-state index in [0.29, 0.717) is 19.0 Å². The summed E-state index contributed by atoms with van der Waals surface area (Å²) in [6, 6.07) is 7.11. The van der Waals surface area contributed by atoms with E-state index in [1.165, 1.54) is 19.3 Å². The molecule has 1 fully saturated rings. The normalized spacial score (nSPS) is 15.6. The number of benzene rings is 1. The number of rotatable bonds is 8. The van der Waals surface area contributed by atoms with Gasteiger partial charge in [0.2, 0.25) is 0 Å². The fourth-order valence-corrected chi connectivity index (χ4v) is 3.69. The summed E-state index contributed by atoms with van der Waals surface area (Å²) in [5.74, 6) is 0.794. The van der Waals surface area contributed by atoms with Crippen molar-refractivity contribution in [2.75, 3.05) is 12.8 Å². The Morgan fingerprint density at radius 2 is 1.81 bits per heavy atom. The molecule has 152 valence electrons. The Hall–Kier alpha value is -1.76. The van der Waals surface area contributed by atoms with Crippen LogP contribution < -0.4 is 9.50 Å². The molecule has 1 aromatic carbocycles. The van der Waals surface area contributed by atoms with Gasteiger partial charge >= 0.3 is 16.1 Å². The van der Waals surface area contributed by atoms with Gasteiger partial charge in [-0.15, -0.1) is 0 Å². The average molecular weight is 397 g/mol. The monoisotopic (exact) mass is 396 g/mol. The van der Waals surface area contributed by atoms with Gasteiger partial charge in [-0.05, 0) is 42.9 Å². The molecule has 7 heteroatoms. The number of hydrogen-bond acceptors (Lipinski definition) is 4.